The molecule has 0 spiro atoms. The summed E-state index contributed by atoms with van der Waals surface area (Å²) in [5, 5.41) is 18.9. The van der Waals surface area contributed by atoms with Crippen molar-refractivity contribution in [2.75, 3.05) is 13.1 Å². The Balaban J connectivity index is 2.30. The van der Waals surface area contributed by atoms with Gasteiger partial charge in [-0.25, -0.2) is 17.6 Å². The quantitative estimate of drug-likeness (QED) is 0.861. The predicted molar refractivity (Wildman–Crippen MR) is 71.9 cm³/mol. The molecule has 1 aliphatic heterocycles. The highest BCUT2D eigenvalue weighted by molar-refractivity contribution is 7.89. The van der Waals surface area contributed by atoms with Crippen LogP contribution in [0.1, 0.15) is 24.2 Å². The molecule has 6 nitrogen and oxygen atoms in total. The lowest BCUT2D eigenvalue weighted by atomic mass is 9.85. The molecule has 2 rings (SSSR count). The number of sulfonamides is 1. The number of halogens is 1. The SMILES string of the molecule is CC(C)C1(O)CN(S(=O)(=O)c2ccc(F)c(C(=O)O)c2)C1. The van der Waals surface area contributed by atoms with Gasteiger partial charge < -0.3 is 10.2 Å². The van der Waals surface area contributed by atoms with E-state index in [1.54, 1.807) is 13.8 Å². The van der Waals surface area contributed by atoms with Gasteiger partial charge in [0.05, 0.1) is 16.1 Å². The van der Waals surface area contributed by atoms with Crippen LogP contribution in [-0.4, -0.2) is 47.6 Å². The molecule has 0 amide bonds. The number of aromatic carboxylic acids is 1. The van der Waals surface area contributed by atoms with E-state index in [4.69, 9.17) is 5.11 Å². The molecule has 116 valence electrons. The van der Waals surface area contributed by atoms with Gasteiger partial charge in [0.1, 0.15) is 5.82 Å². The first kappa shape index (κ1) is 15.9. The predicted octanol–water partition coefficient (Wildman–Crippen LogP) is 0.915. The third-order valence-corrected chi connectivity index (χ3v) is 5.57. The molecule has 8 heteroatoms. The van der Waals surface area contributed by atoms with E-state index in [1.165, 1.54) is 0 Å². The van der Waals surface area contributed by atoms with Gasteiger partial charge in [-0.2, -0.15) is 4.31 Å². The summed E-state index contributed by atoms with van der Waals surface area (Å²) in [4.78, 5) is 10.6. The Hall–Kier alpha value is -1.51. The van der Waals surface area contributed by atoms with Gasteiger partial charge in [0, 0.05) is 13.1 Å². The van der Waals surface area contributed by atoms with E-state index in [1.807, 2.05) is 0 Å². The molecule has 0 bridgehead atoms. The van der Waals surface area contributed by atoms with E-state index in [2.05, 4.69) is 0 Å². The maximum Gasteiger partial charge on any atom is 0.338 e. The van der Waals surface area contributed by atoms with Gasteiger partial charge in [0.15, 0.2) is 0 Å². The molecule has 0 aliphatic carbocycles. The Bertz CT molecular complexity index is 680. The minimum absolute atomic E-state index is 0.0627. The van der Waals surface area contributed by atoms with Crippen molar-refractivity contribution in [3.8, 4) is 0 Å². The molecule has 1 aromatic carbocycles. The zero-order valence-electron chi connectivity index (χ0n) is 11.6. The zero-order chi connectivity index (χ0) is 16.0. The maximum atomic E-state index is 13.3. The van der Waals surface area contributed by atoms with E-state index in [0.717, 1.165) is 22.5 Å². The summed E-state index contributed by atoms with van der Waals surface area (Å²) in [5.41, 5.74) is -1.78. The highest BCUT2D eigenvalue weighted by atomic mass is 32.2. The number of carbonyl (C=O) groups is 1. The second-order valence-electron chi connectivity index (χ2n) is 5.48. The van der Waals surface area contributed by atoms with Crippen molar-refractivity contribution in [3.63, 3.8) is 0 Å². The highest BCUT2D eigenvalue weighted by Gasteiger charge is 2.49. The summed E-state index contributed by atoms with van der Waals surface area (Å²) < 4.78 is 39.0. The van der Waals surface area contributed by atoms with Gasteiger partial charge in [-0.3, -0.25) is 0 Å². The van der Waals surface area contributed by atoms with Crippen LogP contribution in [0.25, 0.3) is 0 Å². The van der Waals surface area contributed by atoms with Crippen molar-refractivity contribution in [2.24, 2.45) is 5.92 Å². The Morgan fingerprint density at radius 3 is 2.43 bits per heavy atom. The first-order valence-electron chi connectivity index (χ1n) is 6.33. The molecule has 1 saturated heterocycles. The van der Waals surface area contributed by atoms with Gasteiger partial charge in [-0.05, 0) is 24.1 Å². The summed E-state index contributed by atoms with van der Waals surface area (Å²) >= 11 is 0. The van der Waals surface area contributed by atoms with Gasteiger partial charge in [-0.1, -0.05) is 13.8 Å². The molecular formula is C13H16FNO5S. The molecule has 1 fully saturated rings. The first-order chi connectivity index (χ1) is 9.58. The number of hydrogen-bond donors (Lipinski definition) is 2. The van der Waals surface area contributed by atoms with E-state index < -0.39 is 33.0 Å². The van der Waals surface area contributed by atoms with Gasteiger partial charge in [-0.15, -0.1) is 0 Å². The second-order valence-corrected chi connectivity index (χ2v) is 7.42. The topological polar surface area (TPSA) is 94.9 Å². The minimum atomic E-state index is -3.94. The average Bonchev–Trinajstić information content (AvgIpc) is 2.34. The zero-order valence-corrected chi connectivity index (χ0v) is 12.4. The third kappa shape index (κ3) is 2.66. The summed E-state index contributed by atoms with van der Waals surface area (Å²) in [5.74, 6) is -2.64. The van der Waals surface area contributed by atoms with Crippen molar-refractivity contribution >= 4 is 16.0 Å². The van der Waals surface area contributed by atoms with Crippen LogP contribution in [0, 0.1) is 11.7 Å². The summed E-state index contributed by atoms with van der Waals surface area (Å²) in [7, 11) is -3.94. The number of benzene rings is 1. The second kappa shape index (κ2) is 5.04. The summed E-state index contributed by atoms with van der Waals surface area (Å²) in [6.45, 7) is 3.44. The maximum absolute atomic E-state index is 13.3. The molecule has 1 heterocycles. The van der Waals surface area contributed by atoms with E-state index in [-0.39, 0.29) is 23.9 Å². The average molecular weight is 317 g/mol. The fourth-order valence-corrected chi connectivity index (χ4v) is 3.67. The molecule has 1 aromatic rings. The molecule has 21 heavy (non-hydrogen) atoms. The summed E-state index contributed by atoms with van der Waals surface area (Å²) in [6.07, 6.45) is 0. The van der Waals surface area contributed by atoms with Crippen LogP contribution in [0.3, 0.4) is 0 Å². The number of carboxylic acids is 1. The van der Waals surface area contributed by atoms with E-state index in [0.29, 0.717) is 0 Å². The van der Waals surface area contributed by atoms with E-state index in [9.17, 15) is 22.7 Å². The molecule has 0 saturated carbocycles. The Morgan fingerprint density at radius 1 is 1.38 bits per heavy atom. The number of carboxylic acid groups (broad SMARTS) is 1. The summed E-state index contributed by atoms with van der Waals surface area (Å²) in [6, 6.07) is 2.62. The lowest BCUT2D eigenvalue weighted by Gasteiger charge is -2.47. The number of β-amino-alcohol motifs (C(OH)–C–C–N with tert-alkyl or cyclic N) is 1. The number of hydrogen-bond acceptors (Lipinski definition) is 4. The first-order valence-corrected chi connectivity index (χ1v) is 7.77. The van der Waals surface area contributed by atoms with Gasteiger partial charge in [0.2, 0.25) is 10.0 Å². The van der Waals surface area contributed by atoms with Gasteiger partial charge in [0.25, 0.3) is 0 Å². The van der Waals surface area contributed by atoms with Crippen LogP contribution in [0.2, 0.25) is 0 Å². The van der Waals surface area contributed by atoms with Crippen molar-refractivity contribution in [2.45, 2.75) is 24.3 Å². The van der Waals surface area contributed by atoms with Crippen molar-refractivity contribution in [3.05, 3.63) is 29.6 Å². The lowest BCUT2D eigenvalue weighted by Crippen LogP contribution is -2.65. The molecule has 0 unspecified atom stereocenters. The number of rotatable bonds is 4. The monoisotopic (exact) mass is 317 g/mol. The normalized spacial score (nSPS) is 18.5. The molecule has 0 radical (unpaired) electrons. The number of aliphatic hydroxyl groups is 1. The van der Waals surface area contributed by atoms with Gasteiger partial charge >= 0.3 is 5.97 Å². The Kier molecular flexibility index (Phi) is 3.81. The fourth-order valence-electron chi connectivity index (χ4n) is 2.08. The van der Waals surface area contributed by atoms with Crippen molar-refractivity contribution in [1.82, 2.24) is 4.31 Å². The van der Waals surface area contributed by atoms with Crippen molar-refractivity contribution < 1.29 is 27.8 Å². The molecule has 0 atom stereocenters. The molecule has 0 aromatic heterocycles. The molecule has 2 N–H and O–H groups in total. The van der Waals surface area contributed by atoms with Crippen LogP contribution < -0.4 is 0 Å². The smallest absolute Gasteiger partial charge is 0.338 e. The van der Waals surface area contributed by atoms with Crippen LogP contribution in [0.5, 0.6) is 0 Å². The van der Waals surface area contributed by atoms with E-state index >= 15 is 0 Å². The largest absolute Gasteiger partial charge is 0.478 e. The van der Waals surface area contributed by atoms with Crippen molar-refractivity contribution in [1.29, 1.82) is 0 Å². The lowest BCUT2D eigenvalue weighted by molar-refractivity contribution is -0.0932. The third-order valence-electron chi connectivity index (χ3n) is 3.78. The standard InChI is InChI=1S/C13H16FNO5S/c1-8(2)13(18)6-15(7-13)21(19,20)9-3-4-11(14)10(5-9)12(16)17/h3-5,8,18H,6-7H2,1-2H3,(H,16,17). The van der Waals surface area contributed by atoms with Crippen LogP contribution >= 0.6 is 0 Å². The van der Waals surface area contributed by atoms with Crippen LogP contribution in [0.15, 0.2) is 23.1 Å². The Morgan fingerprint density at radius 2 is 1.95 bits per heavy atom. The molecular weight excluding hydrogens is 301 g/mol. The fraction of sp³-hybridized carbons (Fsp3) is 0.462. The van der Waals surface area contributed by atoms with Crippen LogP contribution in [-0.2, 0) is 10.0 Å². The minimum Gasteiger partial charge on any atom is -0.478 e. The Labute approximate surface area is 121 Å². The molecule has 1 aliphatic rings. The highest BCUT2D eigenvalue weighted by Crippen LogP contribution is 2.33. The number of nitrogens with zero attached hydrogens (tertiary/aromatic N) is 1. The van der Waals surface area contributed by atoms with Crippen LogP contribution in [0.4, 0.5) is 4.39 Å².